The summed E-state index contributed by atoms with van der Waals surface area (Å²) in [4.78, 5) is 24.6. The van der Waals surface area contributed by atoms with Crippen molar-refractivity contribution in [1.82, 2.24) is 10.2 Å². The van der Waals surface area contributed by atoms with Gasteiger partial charge in [-0.15, -0.1) is 0 Å². The lowest BCUT2D eigenvalue weighted by atomic mass is 9.99. The molecule has 0 radical (unpaired) electrons. The molecule has 0 aromatic heterocycles. The number of hydrogen-bond acceptors (Lipinski definition) is 3. The predicted molar refractivity (Wildman–Crippen MR) is 73.5 cm³/mol. The zero-order valence-corrected chi connectivity index (χ0v) is 11.8. The summed E-state index contributed by atoms with van der Waals surface area (Å²) in [6, 6.07) is -0.147. The van der Waals surface area contributed by atoms with Crippen LogP contribution in [0.15, 0.2) is 0 Å². The number of carbonyl (C=O) groups excluding carboxylic acids is 1. The summed E-state index contributed by atoms with van der Waals surface area (Å²) in [7, 11) is 0. The van der Waals surface area contributed by atoms with Crippen molar-refractivity contribution in [2.75, 3.05) is 26.2 Å². The first-order valence-electron chi connectivity index (χ1n) is 7.54. The van der Waals surface area contributed by atoms with Crippen molar-refractivity contribution in [3.05, 3.63) is 0 Å². The van der Waals surface area contributed by atoms with Crippen LogP contribution in [0.4, 0.5) is 4.79 Å². The zero-order chi connectivity index (χ0) is 14.4. The van der Waals surface area contributed by atoms with Crippen molar-refractivity contribution in [2.24, 2.45) is 5.92 Å². The number of nitrogens with zero attached hydrogens (tertiary/aromatic N) is 1. The number of carbonyl (C=O) groups is 2. The maximum atomic E-state index is 12.0. The van der Waals surface area contributed by atoms with E-state index in [0.717, 1.165) is 32.3 Å². The molecule has 2 rings (SSSR count). The van der Waals surface area contributed by atoms with Crippen molar-refractivity contribution in [3.63, 3.8) is 0 Å². The fourth-order valence-electron chi connectivity index (χ4n) is 2.85. The Kier molecular flexibility index (Phi) is 5.64. The van der Waals surface area contributed by atoms with Crippen LogP contribution < -0.4 is 5.32 Å². The monoisotopic (exact) mass is 284 g/mol. The van der Waals surface area contributed by atoms with E-state index in [4.69, 9.17) is 9.84 Å². The minimum atomic E-state index is -0.807. The third-order valence-corrected chi connectivity index (χ3v) is 4.07. The number of ether oxygens (including phenoxy) is 1. The van der Waals surface area contributed by atoms with Crippen molar-refractivity contribution < 1.29 is 19.4 Å². The number of rotatable bonds is 4. The van der Waals surface area contributed by atoms with Gasteiger partial charge < -0.3 is 20.1 Å². The van der Waals surface area contributed by atoms with Gasteiger partial charge in [-0.1, -0.05) is 0 Å². The lowest BCUT2D eigenvalue weighted by Crippen LogP contribution is -2.47. The second-order valence-corrected chi connectivity index (χ2v) is 5.63. The van der Waals surface area contributed by atoms with Crippen molar-refractivity contribution >= 4 is 12.0 Å². The molecule has 0 saturated carbocycles. The first-order valence-corrected chi connectivity index (χ1v) is 7.54. The Hall–Kier alpha value is -1.30. The SMILES string of the molecule is O=C(O)C1CCCN(C(=O)NCCC2CCCCO2)C1. The number of amides is 2. The molecule has 2 fully saturated rings. The molecule has 6 nitrogen and oxygen atoms in total. The number of piperidine rings is 1. The third-order valence-electron chi connectivity index (χ3n) is 4.07. The fraction of sp³-hybridized carbons (Fsp3) is 0.857. The lowest BCUT2D eigenvalue weighted by molar-refractivity contribution is -0.143. The van der Waals surface area contributed by atoms with E-state index >= 15 is 0 Å². The van der Waals surface area contributed by atoms with Gasteiger partial charge in [0, 0.05) is 26.2 Å². The lowest BCUT2D eigenvalue weighted by Gasteiger charge is -2.31. The second kappa shape index (κ2) is 7.47. The molecule has 2 aliphatic rings. The summed E-state index contributed by atoms with van der Waals surface area (Å²) < 4.78 is 5.61. The largest absolute Gasteiger partial charge is 0.481 e. The van der Waals surface area contributed by atoms with Gasteiger partial charge in [-0.3, -0.25) is 4.79 Å². The van der Waals surface area contributed by atoms with Gasteiger partial charge in [0.1, 0.15) is 0 Å². The van der Waals surface area contributed by atoms with E-state index in [-0.39, 0.29) is 12.1 Å². The first kappa shape index (κ1) is 15.1. The average Bonchev–Trinajstić information content (AvgIpc) is 2.48. The van der Waals surface area contributed by atoms with Gasteiger partial charge in [-0.25, -0.2) is 4.79 Å². The van der Waals surface area contributed by atoms with Crippen molar-refractivity contribution in [1.29, 1.82) is 0 Å². The van der Waals surface area contributed by atoms with Crippen molar-refractivity contribution in [3.8, 4) is 0 Å². The summed E-state index contributed by atoms with van der Waals surface area (Å²) in [5, 5.41) is 11.9. The van der Waals surface area contributed by atoms with E-state index in [9.17, 15) is 9.59 Å². The Labute approximate surface area is 119 Å². The van der Waals surface area contributed by atoms with Crippen LogP contribution in [0.2, 0.25) is 0 Å². The molecule has 0 aliphatic carbocycles. The molecule has 2 N–H and O–H groups in total. The molecule has 2 aliphatic heterocycles. The Morgan fingerprint density at radius 2 is 2.10 bits per heavy atom. The quantitative estimate of drug-likeness (QED) is 0.819. The molecule has 2 unspecified atom stereocenters. The summed E-state index contributed by atoms with van der Waals surface area (Å²) in [6.07, 6.45) is 5.92. The van der Waals surface area contributed by atoms with E-state index < -0.39 is 11.9 Å². The fourth-order valence-corrected chi connectivity index (χ4v) is 2.85. The summed E-state index contributed by atoms with van der Waals surface area (Å²) >= 11 is 0. The minimum absolute atomic E-state index is 0.147. The number of nitrogens with one attached hydrogen (secondary N) is 1. The van der Waals surface area contributed by atoms with Crippen molar-refractivity contribution in [2.45, 2.75) is 44.6 Å². The molecule has 2 saturated heterocycles. The Morgan fingerprint density at radius 3 is 2.80 bits per heavy atom. The Morgan fingerprint density at radius 1 is 1.25 bits per heavy atom. The molecule has 0 spiro atoms. The highest BCUT2D eigenvalue weighted by molar-refractivity contribution is 5.76. The first-order chi connectivity index (χ1) is 9.66. The number of urea groups is 1. The van der Waals surface area contributed by atoms with Gasteiger partial charge in [-0.05, 0) is 38.5 Å². The van der Waals surface area contributed by atoms with Crippen LogP contribution >= 0.6 is 0 Å². The van der Waals surface area contributed by atoms with Crippen LogP contribution in [0.5, 0.6) is 0 Å². The van der Waals surface area contributed by atoms with Gasteiger partial charge in [0.15, 0.2) is 0 Å². The summed E-state index contributed by atoms with van der Waals surface area (Å²) in [5.41, 5.74) is 0. The molecule has 0 bridgehead atoms. The highest BCUT2D eigenvalue weighted by atomic mass is 16.5. The van der Waals surface area contributed by atoms with Crippen LogP contribution in [0.25, 0.3) is 0 Å². The maximum absolute atomic E-state index is 12.0. The van der Waals surface area contributed by atoms with Crippen LogP contribution in [0.1, 0.15) is 38.5 Å². The van der Waals surface area contributed by atoms with Crippen LogP contribution in [-0.2, 0) is 9.53 Å². The third kappa shape index (κ3) is 4.37. The second-order valence-electron chi connectivity index (χ2n) is 5.63. The Balaban J connectivity index is 1.67. The van der Waals surface area contributed by atoms with Gasteiger partial charge in [-0.2, -0.15) is 0 Å². The normalized spacial score (nSPS) is 27.1. The summed E-state index contributed by atoms with van der Waals surface area (Å²) in [6.45, 7) is 2.39. The molecule has 2 heterocycles. The molecule has 0 aromatic carbocycles. The van der Waals surface area contributed by atoms with Gasteiger partial charge in [0.2, 0.25) is 0 Å². The number of carboxylic acid groups (broad SMARTS) is 1. The van der Waals surface area contributed by atoms with E-state index in [1.165, 1.54) is 6.42 Å². The van der Waals surface area contributed by atoms with Crippen LogP contribution in [0, 0.1) is 5.92 Å². The molecule has 6 heteroatoms. The number of carboxylic acids is 1. The van der Waals surface area contributed by atoms with Gasteiger partial charge >= 0.3 is 12.0 Å². The molecular weight excluding hydrogens is 260 g/mol. The van der Waals surface area contributed by atoms with Crippen LogP contribution in [-0.4, -0.2) is 54.4 Å². The molecular formula is C14H24N2O4. The van der Waals surface area contributed by atoms with Crippen LogP contribution in [0.3, 0.4) is 0 Å². The minimum Gasteiger partial charge on any atom is -0.481 e. The standard InChI is InChI=1S/C14H24N2O4/c17-13(18)11-4-3-8-16(10-11)14(19)15-7-6-12-5-1-2-9-20-12/h11-12H,1-10H2,(H,15,19)(H,17,18). The highest BCUT2D eigenvalue weighted by Crippen LogP contribution is 2.17. The number of hydrogen-bond donors (Lipinski definition) is 2. The van der Waals surface area contributed by atoms with Gasteiger partial charge in [0.25, 0.3) is 0 Å². The topological polar surface area (TPSA) is 78.9 Å². The molecule has 0 aromatic rings. The predicted octanol–water partition coefficient (Wildman–Crippen LogP) is 1.45. The highest BCUT2D eigenvalue weighted by Gasteiger charge is 2.28. The van der Waals surface area contributed by atoms with Gasteiger partial charge in [0.05, 0.1) is 12.0 Å². The van der Waals surface area contributed by atoms with E-state index in [0.29, 0.717) is 26.1 Å². The maximum Gasteiger partial charge on any atom is 0.317 e. The molecule has 20 heavy (non-hydrogen) atoms. The summed E-state index contributed by atoms with van der Waals surface area (Å²) in [5.74, 6) is -1.23. The Bertz CT molecular complexity index is 342. The molecule has 2 amide bonds. The number of aliphatic carboxylic acids is 1. The van der Waals surface area contributed by atoms with E-state index in [1.54, 1.807) is 4.90 Å². The average molecular weight is 284 g/mol. The molecule has 114 valence electrons. The van der Waals surface area contributed by atoms with E-state index in [2.05, 4.69) is 5.32 Å². The number of likely N-dealkylation sites (tertiary alicyclic amines) is 1. The zero-order valence-electron chi connectivity index (χ0n) is 11.8. The molecule has 2 atom stereocenters. The smallest absolute Gasteiger partial charge is 0.317 e. The van der Waals surface area contributed by atoms with E-state index in [1.807, 2.05) is 0 Å².